The molecular formula is C22H28N4O6. The fraction of sp³-hybridized carbons (Fsp3) is 0.455. The highest BCUT2D eigenvalue weighted by molar-refractivity contribution is 6.01. The molecule has 0 saturated carbocycles. The van der Waals surface area contributed by atoms with E-state index in [2.05, 4.69) is 21.4 Å². The highest BCUT2D eigenvalue weighted by Crippen LogP contribution is 2.18. The number of aryl methyl sites for hydroxylation is 1. The van der Waals surface area contributed by atoms with Crippen molar-refractivity contribution >= 4 is 23.7 Å². The van der Waals surface area contributed by atoms with Crippen LogP contribution < -0.4 is 16.4 Å². The Bertz CT molecular complexity index is 931. The first-order valence-corrected chi connectivity index (χ1v) is 10.4. The number of primary amides is 1. The smallest absolute Gasteiger partial charge is 0.310 e. The Balaban J connectivity index is 1.62. The van der Waals surface area contributed by atoms with Gasteiger partial charge in [-0.05, 0) is 24.5 Å². The van der Waals surface area contributed by atoms with Gasteiger partial charge in [-0.15, -0.1) is 0 Å². The number of hydrogen-bond acceptors (Lipinski definition) is 7. The van der Waals surface area contributed by atoms with E-state index in [0.717, 1.165) is 16.7 Å². The second kappa shape index (κ2) is 10.4. The van der Waals surface area contributed by atoms with Crippen molar-refractivity contribution in [1.29, 1.82) is 0 Å². The predicted molar refractivity (Wildman–Crippen MR) is 113 cm³/mol. The van der Waals surface area contributed by atoms with E-state index in [1.165, 1.54) is 4.90 Å². The first-order chi connectivity index (χ1) is 15.2. The summed E-state index contributed by atoms with van der Waals surface area (Å²) in [5.41, 5.74) is 8.53. The normalized spacial score (nSPS) is 23.4. The molecule has 2 heterocycles. The van der Waals surface area contributed by atoms with E-state index in [0.29, 0.717) is 13.1 Å². The number of ether oxygens (including phenoxy) is 1. The molecule has 0 aromatic heterocycles. The first-order valence-electron chi connectivity index (χ1n) is 10.4. The second-order valence-corrected chi connectivity index (χ2v) is 8.10. The van der Waals surface area contributed by atoms with Gasteiger partial charge in [0.05, 0.1) is 13.0 Å². The number of amides is 3. The molecule has 2 aliphatic heterocycles. The molecule has 3 rings (SSSR count). The summed E-state index contributed by atoms with van der Waals surface area (Å²) in [5, 5.41) is 15.5. The summed E-state index contributed by atoms with van der Waals surface area (Å²) in [6.07, 6.45) is 0.392. The van der Waals surface area contributed by atoms with Gasteiger partial charge in [-0.25, -0.2) is 0 Å². The van der Waals surface area contributed by atoms with Crippen molar-refractivity contribution in [3.8, 4) is 0 Å². The van der Waals surface area contributed by atoms with Gasteiger partial charge in [0.25, 0.3) is 0 Å². The summed E-state index contributed by atoms with van der Waals surface area (Å²) in [6, 6.07) is 7.20. The van der Waals surface area contributed by atoms with Gasteiger partial charge in [0.2, 0.25) is 24.0 Å². The lowest BCUT2D eigenvalue weighted by Gasteiger charge is -2.25. The van der Waals surface area contributed by atoms with Gasteiger partial charge in [-0.3, -0.25) is 19.2 Å². The molecule has 5 N–H and O–H groups in total. The lowest BCUT2D eigenvalue weighted by molar-refractivity contribution is -0.155. The molecule has 3 unspecified atom stereocenters. The van der Waals surface area contributed by atoms with E-state index in [1.807, 2.05) is 31.2 Å². The minimum atomic E-state index is -1.43. The number of carbonyl (C=O) groups excluding carboxylic acids is 4. The number of allylic oxidation sites excluding steroid dienone is 1. The number of esters is 1. The van der Waals surface area contributed by atoms with E-state index >= 15 is 0 Å². The average Bonchev–Trinajstić information content (AvgIpc) is 2.93. The molecule has 3 atom stereocenters. The van der Waals surface area contributed by atoms with E-state index in [-0.39, 0.29) is 25.9 Å². The third-order valence-corrected chi connectivity index (χ3v) is 5.42. The Morgan fingerprint density at radius 1 is 1.28 bits per heavy atom. The van der Waals surface area contributed by atoms with Crippen molar-refractivity contribution < 1.29 is 29.0 Å². The summed E-state index contributed by atoms with van der Waals surface area (Å²) in [7, 11) is 0. The molecule has 1 fully saturated rings. The van der Waals surface area contributed by atoms with Crippen LogP contribution in [-0.2, 0) is 30.5 Å². The summed E-state index contributed by atoms with van der Waals surface area (Å²) >= 11 is 0. The van der Waals surface area contributed by atoms with E-state index in [1.54, 1.807) is 0 Å². The fourth-order valence-corrected chi connectivity index (χ4v) is 3.78. The van der Waals surface area contributed by atoms with E-state index < -0.39 is 41.9 Å². The van der Waals surface area contributed by atoms with Crippen LogP contribution in [0.15, 0.2) is 35.9 Å². The minimum Gasteiger partial charge on any atom is -0.434 e. The van der Waals surface area contributed by atoms with Gasteiger partial charge in [-0.1, -0.05) is 35.9 Å². The van der Waals surface area contributed by atoms with Crippen molar-refractivity contribution in [2.75, 3.05) is 19.6 Å². The number of rotatable bonds is 8. The molecule has 1 aromatic carbocycles. The highest BCUT2D eigenvalue weighted by Gasteiger charge is 2.36. The van der Waals surface area contributed by atoms with Crippen molar-refractivity contribution in [3.05, 3.63) is 47.0 Å². The minimum absolute atomic E-state index is 0.152. The van der Waals surface area contributed by atoms with Crippen LogP contribution in [0.3, 0.4) is 0 Å². The Labute approximate surface area is 185 Å². The predicted octanol–water partition coefficient (Wildman–Crippen LogP) is -0.905. The van der Waals surface area contributed by atoms with Gasteiger partial charge in [-0.2, -0.15) is 0 Å². The maximum atomic E-state index is 12.8. The molecule has 0 spiro atoms. The number of aliphatic hydroxyl groups excluding tert-OH is 1. The maximum Gasteiger partial charge on any atom is 0.310 e. The lowest BCUT2D eigenvalue weighted by Crippen LogP contribution is -2.49. The van der Waals surface area contributed by atoms with Crippen LogP contribution in [-0.4, -0.2) is 65.7 Å². The van der Waals surface area contributed by atoms with Gasteiger partial charge in [0.15, 0.2) is 0 Å². The highest BCUT2D eigenvalue weighted by atomic mass is 16.6. The Morgan fingerprint density at radius 2 is 2.06 bits per heavy atom. The van der Waals surface area contributed by atoms with Crippen LogP contribution in [0.1, 0.15) is 24.0 Å². The molecule has 172 valence electrons. The Hall–Kier alpha value is -3.24. The van der Waals surface area contributed by atoms with Crippen LogP contribution in [0.2, 0.25) is 0 Å². The third-order valence-electron chi connectivity index (χ3n) is 5.42. The number of aliphatic hydroxyl groups is 1. The van der Waals surface area contributed by atoms with Gasteiger partial charge >= 0.3 is 5.97 Å². The van der Waals surface area contributed by atoms with Gasteiger partial charge in [0.1, 0.15) is 12.0 Å². The lowest BCUT2D eigenvalue weighted by atomic mass is 10.0. The zero-order valence-corrected chi connectivity index (χ0v) is 17.9. The summed E-state index contributed by atoms with van der Waals surface area (Å²) in [6.45, 7) is 2.92. The summed E-state index contributed by atoms with van der Waals surface area (Å²) in [5.74, 6) is -3.53. The zero-order valence-electron chi connectivity index (χ0n) is 17.9. The van der Waals surface area contributed by atoms with Crippen LogP contribution in [0, 0.1) is 12.8 Å². The van der Waals surface area contributed by atoms with Crippen molar-refractivity contribution in [2.24, 2.45) is 11.7 Å². The molecule has 32 heavy (non-hydrogen) atoms. The second-order valence-electron chi connectivity index (χ2n) is 8.10. The third kappa shape index (κ3) is 6.14. The Morgan fingerprint density at radius 3 is 2.72 bits per heavy atom. The number of cyclic esters (lactones) is 1. The molecule has 0 aliphatic carbocycles. The molecule has 0 radical (unpaired) electrons. The number of benzene rings is 1. The molecule has 1 aromatic rings. The number of nitrogens with one attached hydrogen (secondary N) is 2. The zero-order chi connectivity index (χ0) is 23.3. The number of nitrogens with two attached hydrogens (primary N) is 1. The molecule has 10 heteroatoms. The van der Waals surface area contributed by atoms with Gasteiger partial charge in [0, 0.05) is 19.6 Å². The van der Waals surface area contributed by atoms with Crippen molar-refractivity contribution in [1.82, 2.24) is 15.5 Å². The molecule has 3 amide bonds. The van der Waals surface area contributed by atoms with Crippen LogP contribution >= 0.6 is 0 Å². The standard InChI is InChI=1S/C22H28N4O6/c1-13-3-2-4-14(7-13)9-24-10-15-5-6-16(20(23)29)21(30)26(11-15)12-18(27)25-17-8-19(28)32-22(17)31/h2-5,7,16-17,22,24,31H,6,8-12H2,1H3,(H2,23,29)(H,25,27). The molecule has 0 bridgehead atoms. The van der Waals surface area contributed by atoms with E-state index in [9.17, 15) is 24.3 Å². The SMILES string of the molecule is Cc1cccc(CNCC2=CCC(C(N)=O)C(=O)N(CC(=O)NC3CC(=O)OC3O)C2)c1. The molecule has 10 nitrogen and oxygen atoms in total. The van der Waals surface area contributed by atoms with Crippen molar-refractivity contribution in [2.45, 2.75) is 38.6 Å². The van der Waals surface area contributed by atoms with Crippen LogP contribution in [0.5, 0.6) is 0 Å². The summed E-state index contributed by atoms with van der Waals surface area (Å²) in [4.78, 5) is 49.6. The van der Waals surface area contributed by atoms with Crippen LogP contribution in [0.4, 0.5) is 0 Å². The van der Waals surface area contributed by atoms with Gasteiger partial charge < -0.3 is 31.1 Å². The largest absolute Gasteiger partial charge is 0.434 e. The number of carbonyl (C=O) groups is 4. The van der Waals surface area contributed by atoms with Crippen molar-refractivity contribution in [3.63, 3.8) is 0 Å². The Kier molecular flexibility index (Phi) is 7.60. The maximum absolute atomic E-state index is 12.8. The first kappa shape index (κ1) is 23.4. The summed E-state index contributed by atoms with van der Waals surface area (Å²) < 4.78 is 4.60. The fourth-order valence-electron chi connectivity index (χ4n) is 3.78. The molecule has 2 aliphatic rings. The molecule has 1 saturated heterocycles. The molecular weight excluding hydrogens is 416 g/mol. The van der Waals surface area contributed by atoms with E-state index in [4.69, 9.17) is 5.73 Å². The monoisotopic (exact) mass is 444 g/mol. The quantitative estimate of drug-likeness (QED) is 0.230. The number of nitrogens with zero attached hydrogens (tertiary/aromatic N) is 1. The topological polar surface area (TPSA) is 151 Å². The number of hydrogen-bond donors (Lipinski definition) is 4. The van der Waals surface area contributed by atoms with Crippen LogP contribution in [0.25, 0.3) is 0 Å². The average molecular weight is 444 g/mol.